The van der Waals surface area contributed by atoms with Crippen molar-refractivity contribution >= 4 is 40.7 Å². The van der Waals surface area contributed by atoms with E-state index in [4.69, 9.17) is 28.3 Å². The van der Waals surface area contributed by atoms with Gasteiger partial charge in [-0.15, -0.1) is 5.10 Å². The summed E-state index contributed by atoms with van der Waals surface area (Å²) in [6, 6.07) is 11.9. The maximum Gasteiger partial charge on any atom is 0.255 e. The lowest BCUT2D eigenvalue weighted by Crippen LogP contribution is -2.31. The number of halogens is 2. The van der Waals surface area contributed by atoms with Crippen molar-refractivity contribution < 1.29 is 4.79 Å². The van der Waals surface area contributed by atoms with Crippen LogP contribution in [-0.2, 0) is 4.79 Å². The van der Waals surface area contributed by atoms with Crippen molar-refractivity contribution in [3.63, 3.8) is 0 Å². The lowest BCUT2D eigenvalue weighted by atomic mass is 9.95. The molecule has 1 unspecified atom stereocenters. The number of carbonyl (C=O) groups excluding carboxylic acids is 1. The first-order valence-electron chi connectivity index (χ1n) is 10.0. The van der Waals surface area contributed by atoms with Gasteiger partial charge >= 0.3 is 0 Å². The molecule has 8 nitrogen and oxygen atoms in total. The Kier molecular flexibility index (Phi) is 5.53. The van der Waals surface area contributed by atoms with E-state index in [0.29, 0.717) is 38.8 Å². The number of fused-ring (bicyclic) bond motifs is 1. The van der Waals surface area contributed by atoms with E-state index in [-0.39, 0.29) is 5.91 Å². The number of pyridine rings is 2. The van der Waals surface area contributed by atoms with Crippen molar-refractivity contribution in [1.29, 1.82) is 0 Å². The van der Waals surface area contributed by atoms with Gasteiger partial charge in [-0.25, -0.2) is 4.68 Å². The zero-order valence-electron chi connectivity index (χ0n) is 17.3. The number of allylic oxidation sites excluding steroid dienone is 1. The molecule has 0 bridgehead atoms. The number of hydrogen-bond acceptors (Lipinski definition) is 6. The number of anilines is 2. The average Bonchev–Trinajstić information content (AvgIpc) is 3.25. The molecule has 0 radical (unpaired) electrons. The number of amides is 1. The van der Waals surface area contributed by atoms with Gasteiger partial charge in [0.05, 0.1) is 27.5 Å². The molecule has 33 heavy (non-hydrogen) atoms. The third-order valence-corrected chi connectivity index (χ3v) is 5.95. The van der Waals surface area contributed by atoms with Crippen LogP contribution in [0, 0.1) is 0 Å². The summed E-state index contributed by atoms with van der Waals surface area (Å²) >= 11 is 12.5. The van der Waals surface area contributed by atoms with E-state index in [2.05, 4.69) is 25.6 Å². The predicted molar refractivity (Wildman–Crippen MR) is 127 cm³/mol. The Morgan fingerprint density at radius 3 is 2.61 bits per heavy atom. The number of rotatable bonds is 4. The van der Waals surface area contributed by atoms with Gasteiger partial charge in [0, 0.05) is 29.9 Å². The number of aromatic nitrogens is 5. The van der Waals surface area contributed by atoms with Crippen molar-refractivity contribution in [2.45, 2.75) is 13.0 Å². The lowest BCUT2D eigenvalue weighted by molar-refractivity contribution is -0.113. The van der Waals surface area contributed by atoms with Crippen LogP contribution >= 0.6 is 23.2 Å². The largest absolute Gasteiger partial charge is 0.328 e. The molecule has 1 amide bonds. The van der Waals surface area contributed by atoms with Crippen molar-refractivity contribution in [3.8, 4) is 11.4 Å². The van der Waals surface area contributed by atoms with E-state index in [0.717, 1.165) is 11.1 Å². The van der Waals surface area contributed by atoms with Crippen molar-refractivity contribution in [1.82, 2.24) is 24.7 Å². The lowest BCUT2D eigenvalue weighted by Gasteiger charge is -2.28. The Morgan fingerprint density at radius 1 is 1.06 bits per heavy atom. The number of benzene rings is 1. The molecule has 3 aromatic heterocycles. The van der Waals surface area contributed by atoms with Crippen LogP contribution in [0.15, 0.2) is 78.5 Å². The minimum Gasteiger partial charge on any atom is -0.328 e. The molecule has 5 rings (SSSR count). The molecule has 4 heterocycles. The fourth-order valence-corrected chi connectivity index (χ4v) is 4.00. The maximum atomic E-state index is 13.4. The highest BCUT2D eigenvalue weighted by atomic mass is 35.5. The summed E-state index contributed by atoms with van der Waals surface area (Å²) in [5.41, 5.74) is 3.25. The second kappa shape index (κ2) is 8.65. The highest BCUT2D eigenvalue weighted by molar-refractivity contribution is 6.42. The predicted octanol–water partition coefficient (Wildman–Crippen LogP) is 4.97. The summed E-state index contributed by atoms with van der Waals surface area (Å²) in [5.74, 6) is 0.718. The average molecular weight is 478 g/mol. The summed E-state index contributed by atoms with van der Waals surface area (Å²) in [6.45, 7) is 1.83. The van der Waals surface area contributed by atoms with Crippen LogP contribution in [-0.4, -0.2) is 30.6 Å². The number of carbonyl (C=O) groups is 1. The van der Waals surface area contributed by atoms with Gasteiger partial charge in [-0.2, -0.15) is 4.98 Å². The molecule has 1 aliphatic heterocycles. The first-order chi connectivity index (χ1) is 16.0. The van der Waals surface area contributed by atoms with Gasteiger partial charge in [0.1, 0.15) is 6.04 Å². The van der Waals surface area contributed by atoms with Gasteiger partial charge in [0.15, 0.2) is 5.82 Å². The summed E-state index contributed by atoms with van der Waals surface area (Å²) in [7, 11) is 0. The van der Waals surface area contributed by atoms with Gasteiger partial charge in [-0.05, 0) is 48.9 Å². The van der Waals surface area contributed by atoms with Gasteiger partial charge in [0.25, 0.3) is 5.91 Å². The minimum atomic E-state index is -0.587. The SMILES string of the molecule is CC1=C(C(=O)Nc2cccnc2)C(c2ccc(Cl)c(Cl)c2)n2nc(-c3ccncc3)nc2N1. The topological polar surface area (TPSA) is 97.6 Å². The van der Waals surface area contributed by atoms with Crippen molar-refractivity contribution in [2.75, 3.05) is 10.6 Å². The molecule has 0 spiro atoms. The van der Waals surface area contributed by atoms with Gasteiger partial charge in [-0.3, -0.25) is 14.8 Å². The molecule has 0 aliphatic carbocycles. The molecular weight excluding hydrogens is 461 g/mol. The quantitative estimate of drug-likeness (QED) is 0.430. The van der Waals surface area contributed by atoms with Crippen molar-refractivity contribution in [3.05, 3.63) is 94.1 Å². The van der Waals surface area contributed by atoms with E-state index in [1.54, 1.807) is 53.7 Å². The Morgan fingerprint density at radius 2 is 1.88 bits per heavy atom. The third-order valence-electron chi connectivity index (χ3n) is 5.21. The molecule has 4 aromatic rings. The Labute approximate surface area is 199 Å². The second-order valence-electron chi connectivity index (χ2n) is 7.38. The van der Waals surface area contributed by atoms with Crippen molar-refractivity contribution in [2.24, 2.45) is 0 Å². The first kappa shape index (κ1) is 21.1. The molecule has 2 N–H and O–H groups in total. The summed E-state index contributed by atoms with van der Waals surface area (Å²) in [5, 5.41) is 11.6. The molecule has 0 saturated carbocycles. The third kappa shape index (κ3) is 4.06. The van der Waals surface area contributed by atoms with Crippen LogP contribution in [0.25, 0.3) is 11.4 Å². The fraction of sp³-hybridized carbons (Fsp3) is 0.0870. The molecule has 0 fully saturated rings. The first-order valence-corrected chi connectivity index (χ1v) is 10.8. The van der Waals surface area contributed by atoms with E-state index in [1.807, 2.05) is 25.1 Å². The number of hydrogen-bond donors (Lipinski definition) is 2. The van der Waals surface area contributed by atoms with E-state index < -0.39 is 6.04 Å². The van der Waals surface area contributed by atoms with E-state index >= 15 is 0 Å². The van der Waals surface area contributed by atoms with Crippen LogP contribution in [0.5, 0.6) is 0 Å². The normalized spacial score (nSPS) is 15.1. The van der Waals surface area contributed by atoms with E-state index in [1.165, 1.54) is 0 Å². The summed E-state index contributed by atoms with van der Waals surface area (Å²) in [4.78, 5) is 26.2. The zero-order chi connectivity index (χ0) is 22.9. The van der Waals surface area contributed by atoms with E-state index in [9.17, 15) is 4.79 Å². The van der Waals surface area contributed by atoms with Gasteiger partial charge < -0.3 is 10.6 Å². The zero-order valence-corrected chi connectivity index (χ0v) is 18.8. The Hall–Kier alpha value is -3.75. The van der Waals surface area contributed by atoms with Crippen LogP contribution in [0.3, 0.4) is 0 Å². The number of nitrogens with one attached hydrogen (secondary N) is 2. The summed E-state index contributed by atoms with van der Waals surface area (Å²) in [6.07, 6.45) is 6.58. The standard InChI is InChI=1S/C23H17Cl2N7O/c1-13-19(22(33)29-16-3-2-8-27-12-16)20(15-4-5-17(24)18(25)11-15)32-23(28-13)30-21(31-32)14-6-9-26-10-7-14/h2-12,20H,1H3,(H,29,33)(H,28,30,31). The molecule has 1 aliphatic rings. The molecule has 0 saturated heterocycles. The molecule has 1 atom stereocenters. The fourth-order valence-electron chi connectivity index (χ4n) is 3.69. The highest BCUT2D eigenvalue weighted by Gasteiger charge is 2.34. The minimum absolute atomic E-state index is 0.296. The monoisotopic (exact) mass is 477 g/mol. The number of nitrogens with zero attached hydrogens (tertiary/aromatic N) is 5. The Balaban J connectivity index is 1.63. The van der Waals surface area contributed by atoms with Gasteiger partial charge in [-0.1, -0.05) is 29.3 Å². The van der Waals surface area contributed by atoms with Crippen LogP contribution in [0.2, 0.25) is 10.0 Å². The van der Waals surface area contributed by atoms with Crippen LogP contribution in [0.4, 0.5) is 11.6 Å². The van der Waals surface area contributed by atoms with Crippen LogP contribution < -0.4 is 10.6 Å². The highest BCUT2D eigenvalue weighted by Crippen LogP contribution is 2.38. The molecule has 1 aromatic carbocycles. The summed E-state index contributed by atoms with van der Waals surface area (Å²) < 4.78 is 1.68. The molecule has 164 valence electrons. The Bertz CT molecular complexity index is 1370. The second-order valence-corrected chi connectivity index (χ2v) is 8.19. The maximum absolute atomic E-state index is 13.4. The van der Waals surface area contributed by atoms with Crippen LogP contribution in [0.1, 0.15) is 18.5 Å². The smallest absolute Gasteiger partial charge is 0.255 e. The molecular formula is C23H17Cl2N7O. The van der Waals surface area contributed by atoms with Gasteiger partial charge in [0.2, 0.25) is 5.95 Å². The molecule has 10 heteroatoms.